The molecule has 0 spiro atoms. The van der Waals surface area contributed by atoms with Crippen LogP contribution in [-0.4, -0.2) is 19.7 Å². The molecule has 9 heteroatoms. The maximum absolute atomic E-state index is 13.6. The first-order chi connectivity index (χ1) is 20.2. The molecule has 6 nitrogen and oxygen atoms in total. The van der Waals surface area contributed by atoms with Crippen molar-refractivity contribution < 1.29 is 13.4 Å². The predicted molar refractivity (Wildman–Crippen MR) is 170 cm³/mol. The summed E-state index contributed by atoms with van der Waals surface area (Å²) in [5, 5.41) is 5.70. The minimum absolute atomic E-state index is 0.0914. The summed E-state index contributed by atoms with van der Waals surface area (Å²) in [6.07, 6.45) is 8.98. The standard InChI is InChI=1S/C25H28ClN3O.C6H6FNOS.C2H6/c1-18(15-21-9-5-6-10-23(21)26)25(30)29(17-24-27-13-14-28(24)2)22-12-11-19-7-3-4-8-20(19)16-22;7-5-2-1-3-6(4-5)10(8)9;1-2/h5-6,9-14,16,18H,3-4,7-8,15,17H2,1-2H3;1-4H,8H2;1-2H3/t18-;;/m0../s1. The van der Waals surface area contributed by atoms with Crippen LogP contribution in [-0.2, 0) is 48.6 Å². The van der Waals surface area contributed by atoms with Crippen molar-refractivity contribution in [2.24, 2.45) is 18.1 Å². The number of nitrogens with two attached hydrogens (primary N) is 1. The number of hydrogen-bond donors (Lipinski definition) is 1. The Morgan fingerprint density at radius 1 is 1.07 bits per heavy atom. The summed E-state index contributed by atoms with van der Waals surface area (Å²) in [7, 11) is 0.384. The van der Waals surface area contributed by atoms with Crippen molar-refractivity contribution in [3.63, 3.8) is 0 Å². The number of rotatable bonds is 7. The number of hydrogen-bond acceptors (Lipinski definition) is 3. The molecule has 4 aromatic rings. The fourth-order valence-corrected chi connectivity index (χ4v) is 5.47. The lowest BCUT2D eigenvalue weighted by molar-refractivity contribution is -0.122. The largest absolute Gasteiger partial charge is 0.337 e. The van der Waals surface area contributed by atoms with Gasteiger partial charge >= 0.3 is 0 Å². The number of carbonyl (C=O) groups excluding carboxylic acids is 1. The first-order valence-corrected chi connectivity index (χ1v) is 15.9. The van der Waals surface area contributed by atoms with Gasteiger partial charge in [-0.2, -0.15) is 0 Å². The summed E-state index contributed by atoms with van der Waals surface area (Å²) in [6.45, 7) is 6.43. The van der Waals surface area contributed by atoms with Crippen molar-refractivity contribution >= 4 is 34.2 Å². The van der Waals surface area contributed by atoms with Gasteiger partial charge in [-0.05, 0) is 85.2 Å². The van der Waals surface area contributed by atoms with Gasteiger partial charge in [0.15, 0.2) is 0 Å². The molecular formula is C33H40ClFN4O2S. The first kappa shape index (κ1) is 33.2. The number of halogens is 2. The number of aromatic nitrogens is 2. The molecule has 0 saturated carbocycles. The molecule has 2 atom stereocenters. The van der Waals surface area contributed by atoms with E-state index in [1.54, 1.807) is 6.20 Å². The topological polar surface area (TPSA) is 81.2 Å². The number of imidazole rings is 1. The van der Waals surface area contributed by atoms with Crippen molar-refractivity contribution in [1.82, 2.24) is 9.55 Å². The Labute approximate surface area is 256 Å². The van der Waals surface area contributed by atoms with Gasteiger partial charge in [-0.25, -0.2) is 18.7 Å². The average Bonchev–Trinajstić information content (AvgIpc) is 3.41. The van der Waals surface area contributed by atoms with Crippen LogP contribution in [0.4, 0.5) is 10.1 Å². The molecule has 5 rings (SSSR count). The number of aryl methyl sites for hydroxylation is 3. The van der Waals surface area contributed by atoms with Crippen LogP contribution < -0.4 is 10.0 Å². The maximum Gasteiger partial charge on any atom is 0.230 e. The Bertz CT molecular complexity index is 1490. The van der Waals surface area contributed by atoms with E-state index in [2.05, 4.69) is 23.2 Å². The van der Waals surface area contributed by atoms with Gasteiger partial charge in [0, 0.05) is 36.1 Å². The Balaban J connectivity index is 0.000000340. The second-order valence-corrected chi connectivity index (χ2v) is 11.5. The zero-order chi connectivity index (χ0) is 30.6. The zero-order valence-electron chi connectivity index (χ0n) is 24.7. The van der Waals surface area contributed by atoms with E-state index in [0.717, 1.165) is 36.0 Å². The number of fused-ring (bicyclic) bond motifs is 1. The number of benzene rings is 3. The zero-order valence-corrected chi connectivity index (χ0v) is 26.3. The third-order valence-corrected chi connectivity index (χ3v) is 8.15. The SMILES string of the molecule is CC.C[C@@H](Cc1ccccc1Cl)C(=O)N(Cc1nccn1C)c1ccc2c(c1)CCCC2.NS(=O)c1cccc(F)c1. The summed E-state index contributed by atoms with van der Waals surface area (Å²) >= 11 is 6.35. The number of anilines is 1. The lowest BCUT2D eigenvalue weighted by Crippen LogP contribution is -2.36. The van der Waals surface area contributed by atoms with Crippen LogP contribution in [0.15, 0.2) is 84.0 Å². The van der Waals surface area contributed by atoms with E-state index in [-0.39, 0.29) is 11.8 Å². The normalized spacial score (nSPS) is 13.4. The second-order valence-electron chi connectivity index (χ2n) is 9.99. The van der Waals surface area contributed by atoms with E-state index in [1.165, 1.54) is 42.2 Å². The van der Waals surface area contributed by atoms with Gasteiger partial charge < -0.3 is 9.47 Å². The summed E-state index contributed by atoms with van der Waals surface area (Å²) in [5.41, 5.74) is 4.74. The lowest BCUT2D eigenvalue weighted by atomic mass is 9.91. The van der Waals surface area contributed by atoms with Crippen LogP contribution in [0.5, 0.6) is 0 Å². The summed E-state index contributed by atoms with van der Waals surface area (Å²) in [4.78, 5) is 20.3. The number of carbonyl (C=O) groups is 1. The van der Waals surface area contributed by atoms with Crippen LogP contribution >= 0.6 is 11.6 Å². The lowest BCUT2D eigenvalue weighted by Gasteiger charge is -2.28. The minimum Gasteiger partial charge on any atom is -0.337 e. The van der Waals surface area contributed by atoms with Crippen molar-refractivity contribution in [1.29, 1.82) is 0 Å². The quantitative estimate of drug-likeness (QED) is 0.240. The van der Waals surface area contributed by atoms with Gasteiger partial charge in [0.25, 0.3) is 0 Å². The molecule has 1 aliphatic rings. The Kier molecular flexibility index (Phi) is 12.9. The Hall–Kier alpha value is -3.33. The maximum atomic E-state index is 13.6. The molecule has 42 heavy (non-hydrogen) atoms. The minimum atomic E-state index is -1.58. The Morgan fingerprint density at radius 3 is 2.40 bits per heavy atom. The summed E-state index contributed by atoms with van der Waals surface area (Å²) in [6, 6.07) is 19.6. The van der Waals surface area contributed by atoms with Crippen LogP contribution in [0.2, 0.25) is 5.02 Å². The van der Waals surface area contributed by atoms with Crippen LogP contribution in [0, 0.1) is 11.7 Å². The van der Waals surface area contributed by atoms with E-state index in [9.17, 15) is 13.4 Å². The third kappa shape index (κ3) is 9.08. The second kappa shape index (κ2) is 16.3. The van der Waals surface area contributed by atoms with Gasteiger partial charge in [0.1, 0.15) is 22.6 Å². The van der Waals surface area contributed by atoms with Gasteiger partial charge in [0.05, 0.1) is 11.4 Å². The molecule has 1 heterocycles. The Morgan fingerprint density at radius 2 is 1.79 bits per heavy atom. The fourth-order valence-electron chi connectivity index (χ4n) is 4.81. The first-order valence-electron chi connectivity index (χ1n) is 14.3. The molecule has 3 aromatic carbocycles. The van der Waals surface area contributed by atoms with Crippen molar-refractivity contribution in [2.45, 2.75) is 64.3 Å². The number of nitrogens with zero attached hydrogens (tertiary/aromatic N) is 3. The van der Waals surface area contributed by atoms with E-state index < -0.39 is 16.8 Å². The average molecular weight is 611 g/mol. The summed E-state index contributed by atoms with van der Waals surface area (Å²) in [5.74, 6) is 0.345. The predicted octanol–water partition coefficient (Wildman–Crippen LogP) is 7.20. The van der Waals surface area contributed by atoms with E-state index in [4.69, 9.17) is 16.7 Å². The van der Waals surface area contributed by atoms with Crippen molar-refractivity contribution in [2.75, 3.05) is 4.90 Å². The summed E-state index contributed by atoms with van der Waals surface area (Å²) < 4.78 is 24.8. The van der Waals surface area contributed by atoms with Gasteiger partial charge in [-0.15, -0.1) is 0 Å². The molecule has 1 aromatic heterocycles. The van der Waals surface area contributed by atoms with Gasteiger partial charge in [-0.1, -0.05) is 62.7 Å². The fraction of sp³-hybridized carbons (Fsp3) is 0.333. The molecule has 0 bridgehead atoms. The van der Waals surface area contributed by atoms with E-state index in [0.29, 0.717) is 22.9 Å². The monoisotopic (exact) mass is 610 g/mol. The molecule has 0 radical (unpaired) electrons. The molecule has 1 aliphatic carbocycles. The van der Waals surface area contributed by atoms with Crippen molar-refractivity contribution in [3.8, 4) is 0 Å². The molecule has 2 N–H and O–H groups in total. The molecular weight excluding hydrogens is 571 g/mol. The van der Waals surface area contributed by atoms with Crippen molar-refractivity contribution in [3.05, 3.63) is 112 Å². The molecule has 0 saturated heterocycles. The van der Waals surface area contributed by atoms with Crippen LogP contribution in [0.3, 0.4) is 0 Å². The highest BCUT2D eigenvalue weighted by Crippen LogP contribution is 2.29. The van der Waals surface area contributed by atoms with E-state index in [1.807, 2.05) is 67.7 Å². The molecule has 1 unspecified atom stereocenters. The molecule has 0 fully saturated rings. The smallest absolute Gasteiger partial charge is 0.230 e. The van der Waals surface area contributed by atoms with Crippen LogP contribution in [0.1, 0.15) is 56.1 Å². The highest BCUT2D eigenvalue weighted by atomic mass is 35.5. The highest BCUT2D eigenvalue weighted by molar-refractivity contribution is 7.82. The van der Waals surface area contributed by atoms with Crippen LogP contribution in [0.25, 0.3) is 0 Å². The molecule has 1 amide bonds. The van der Waals surface area contributed by atoms with Gasteiger partial charge in [0.2, 0.25) is 5.91 Å². The third-order valence-electron chi connectivity index (χ3n) is 7.06. The van der Waals surface area contributed by atoms with Gasteiger partial charge in [-0.3, -0.25) is 4.79 Å². The highest BCUT2D eigenvalue weighted by Gasteiger charge is 2.25. The molecule has 224 valence electrons. The molecule has 0 aliphatic heterocycles. The number of amides is 1. The van der Waals surface area contributed by atoms with E-state index >= 15 is 0 Å².